The summed E-state index contributed by atoms with van der Waals surface area (Å²) in [6.07, 6.45) is 4.56. The van der Waals surface area contributed by atoms with E-state index in [2.05, 4.69) is 4.98 Å². The fraction of sp³-hybridized carbons (Fsp3) is 0.421. The molecule has 0 bridgehead atoms. The highest BCUT2D eigenvalue weighted by Gasteiger charge is 2.34. The van der Waals surface area contributed by atoms with Crippen LogP contribution in [0, 0.1) is 6.92 Å². The van der Waals surface area contributed by atoms with E-state index in [0.29, 0.717) is 11.4 Å². The van der Waals surface area contributed by atoms with E-state index in [1.165, 1.54) is 0 Å². The molecule has 6 heteroatoms. The highest BCUT2D eigenvalue weighted by Crippen LogP contribution is 2.35. The second-order valence-electron chi connectivity index (χ2n) is 6.78. The summed E-state index contributed by atoms with van der Waals surface area (Å²) < 4.78 is 28.0. The molecular formula is C19H25N3O2S. The van der Waals surface area contributed by atoms with Crippen molar-refractivity contribution in [2.75, 3.05) is 25.5 Å². The first kappa shape index (κ1) is 17.9. The molecule has 134 valence electrons. The fourth-order valence-electron chi connectivity index (χ4n) is 3.23. The van der Waals surface area contributed by atoms with Crippen molar-refractivity contribution < 1.29 is 8.42 Å². The van der Waals surface area contributed by atoms with Crippen LogP contribution in [0.15, 0.2) is 47.5 Å². The van der Waals surface area contributed by atoms with Gasteiger partial charge in [0.15, 0.2) is 0 Å². The molecule has 1 aromatic carbocycles. The third-order valence-electron chi connectivity index (χ3n) is 4.69. The highest BCUT2D eigenvalue weighted by molar-refractivity contribution is 7.89. The van der Waals surface area contributed by atoms with Crippen LogP contribution in [0.2, 0.25) is 0 Å². The van der Waals surface area contributed by atoms with Crippen molar-refractivity contribution in [3.63, 3.8) is 0 Å². The molecule has 1 aliphatic heterocycles. The van der Waals surface area contributed by atoms with Gasteiger partial charge in [-0.2, -0.15) is 4.31 Å². The van der Waals surface area contributed by atoms with Crippen LogP contribution in [0.25, 0.3) is 0 Å². The Morgan fingerprint density at radius 1 is 1.08 bits per heavy atom. The average Bonchev–Trinajstić information content (AvgIpc) is 2.62. The van der Waals surface area contributed by atoms with Gasteiger partial charge in [0.25, 0.3) is 0 Å². The van der Waals surface area contributed by atoms with Gasteiger partial charge in [0.1, 0.15) is 5.82 Å². The Bertz CT molecular complexity index is 815. The third kappa shape index (κ3) is 3.70. The molecule has 2 heterocycles. The smallest absolute Gasteiger partial charge is 0.243 e. The van der Waals surface area contributed by atoms with Crippen molar-refractivity contribution in [1.29, 1.82) is 0 Å². The summed E-state index contributed by atoms with van der Waals surface area (Å²) in [6.45, 7) is 2.51. The molecule has 1 saturated heterocycles. The molecule has 25 heavy (non-hydrogen) atoms. The first-order valence-corrected chi connectivity index (χ1v) is 10.1. The average molecular weight is 359 g/mol. The summed E-state index contributed by atoms with van der Waals surface area (Å²) in [6, 6.07) is 10.9. The maximum absolute atomic E-state index is 13.2. The van der Waals surface area contributed by atoms with Crippen LogP contribution < -0.4 is 4.90 Å². The van der Waals surface area contributed by atoms with Gasteiger partial charge < -0.3 is 4.90 Å². The quantitative estimate of drug-likeness (QED) is 0.840. The predicted octanol–water partition coefficient (Wildman–Crippen LogP) is 3.37. The molecule has 3 rings (SSSR count). The van der Waals surface area contributed by atoms with Crippen molar-refractivity contribution >= 4 is 15.8 Å². The van der Waals surface area contributed by atoms with E-state index in [-0.39, 0.29) is 6.04 Å². The monoisotopic (exact) mass is 359 g/mol. The molecule has 0 N–H and O–H groups in total. The van der Waals surface area contributed by atoms with Gasteiger partial charge in [-0.25, -0.2) is 13.4 Å². The highest BCUT2D eigenvalue weighted by atomic mass is 32.2. The van der Waals surface area contributed by atoms with Crippen molar-refractivity contribution in [2.24, 2.45) is 0 Å². The first-order chi connectivity index (χ1) is 11.9. The second kappa shape index (κ2) is 7.14. The van der Waals surface area contributed by atoms with Crippen molar-refractivity contribution in [3.05, 3.63) is 53.7 Å². The van der Waals surface area contributed by atoms with Crippen LogP contribution in [-0.2, 0) is 10.0 Å². The minimum Gasteiger partial charge on any atom is -0.363 e. The Labute approximate surface area is 150 Å². The van der Waals surface area contributed by atoms with E-state index in [4.69, 9.17) is 0 Å². The summed E-state index contributed by atoms with van der Waals surface area (Å²) in [4.78, 5) is 6.76. The molecule has 1 aromatic heterocycles. The van der Waals surface area contributed by atoms with E-state index < -0.39 is 10.0 Å². The summed E-state index contributed by atoms with van der Waals surface area (Å²) in [5, 5.41) is 0. The van der Waals surface area contributed by atoms with Gasteiger partial charge in [-0.1, -0.05) is 30.2 Å². The SMILES string of the molecule is Cc1ccc(S(=O)(=O)N2CCCC[C@@H]2c2ccc(N(C)C)nc2)cc1. The Kier molecular flexibility index (Phi) is 5.11. The number of hydrogen-bond acceptors (Lipinski definition) is 4. The lowest BCUT2D eigenvalue weighted by molar-refractivity contribution is 0.255. The van der Waals surface area contributed by atoms with E-state index in [9.17, 15) is 8.42 Å². The first-order valence-electron chi connectivity index (χ1n) is 8.61. The largest absolute Gasteiger partial charge is 0.363 e. The molecule has 0 unspecified atom stereocenters. The molecule has 0 amide bonds. The molecule has 1 aliphatic rings. The Morgan fingerprint density at radius 3 is 2.40 bits per heavy atom. The molecule has 0 saturated carbocycles. The minimum atomic E-state index is -3.51. The van der Waals surface area contributed by atoms with Crippen molar-refractivity contribution in [3.8, 4) is 0 Å². The van der Waals surface area contributed by atoms with E-state index >= 15 is 0 Å². The molecule has 0 spiro atoms. The number of aryl methyl sites for hydroxylation is 1. The van der Waals surface area contributed by atoms with Gasteiger partial charge in [-0.15, -0.1) is 0 Å². The van der Waals surface area contributed by atoms with E-state index in [1.54, 1.807) is 16.4 Å². The molecule has 5 nitrogen and oxygen atoms in total. The zero-order valence-electron chi connectivity index (χ0n) is 15.0. The Balaban J connectivity index is 1.94. The van der Waals surface area contributed by atoms with E-state index in [0.717, 1.165) is 36.2 Å². The molecule has 0 radical (unpaired) electrons. The van der Waals surface area contributed by atoms with Gasteiger partial charge in [0, 0.05) is 26.8 Å². The van der Waals surface area contributed by atoms with Gasteiger partial charge in [-0.05, 0) is 43.5 Å². The lowest BCUT2D eigenvalue weighted by Crippen LogP contribution is -2.38. The lowest BCUT2D eigenvalue weighted by Gasteiger charge is -2.35. The second-order valence-corrected chi connectivity index (χ2v) is 8.68. The Morgan fingerprint density at radius 2 is 1.80 bits per heavy atom. The number of hydrogen-bond donors (Lipinski definition) is 0. The van der Waals surface area contributed by atoms with Crippen LogP contribution in [0.1, 0.15) is 36.4 Å². The maximum Gasteiger partial charge on any atom is 0.243 e. The molecule has 1 fully saturated rings. The zero-order valence-corrected chi connectivity index (χ0v) is 15.8. The van der Waals surface area contributed by atoms with Gasteiger partial charge in [-0.3, -0.25) is 0 Å². The number of benzene rings is 1. The standard InChI is InChI=1S/C19H25N3O2S/c1-15-7-10-17(11-8-15)25(23,24)22-13-5-4-6-18(22)16-9-12-19(20-14-16)21(2)3/h7-12,14,18H,4-6,13H2,1-3H3/t18-/m1/s1. The van der Waals surface area contributed by atoms with Crippen molar-refractivity contribution in [1.82, 2.24) is 9.29 Å². The fourth-order valence-corrected chi connectivity index (χ4v) is 4.91. The van der Waals surface area contributed by atoms with Gasteiger partial charge in [0.2, 0.25) is 10.0 Å². The maximum atomic E-state index is 13.2. The topological polar surface area (TPSA) is 53.5 Å². The number of anilines is 1. The lowest BCUT2D eigenvalue weighted by atomic mass is 9.99. The predicted molar refractivity (Wildman–Crippen MR) is 100 cm³/mol. The van der Waals surface area contributed by atoms with Crippen LogP contribution in [0.5, 0.6) is 0 Å². The molecule has 1 atom stereocenters. The summed E-state index contributed by atoms with van der Waals surface area (Å²) >= 11 is 0. The Hall–Kier alpha value is -1.92. The van der Waals surface area contributed by atoms with Crippen LogP contribution in [0.4, 0.5) is 5.82 Å². The normalized spacial score (nSPS) is 18.9. The van der Waals surface area contributed by atoms with Crippen LogP contribution in [0.3, 0.4) is 0 Å². The molecular weight excluding hydrogens is 334 g/mol. The van der Waals surface area contributed by atoms with Crippen LogP contribution >= 0.6 is 0 Å². The number of aromatic nitrogens is 1. The number of sulfonamides is 1. The van der Waals surface area contributed by atoms with Crippen LogP contribution in [-0.4, -0.2) is 38.3 Å². The number of nitrogens with zero attached hydrogens (tertiary/aromatic N) is 3. The minimum absolute atomic E-state index is 0.149. The van der Waals surface area contributed by atoms with E-state index in [1.807, 2.05) is 56.4 Å². The number of pyridine rings is 1. The molecule has 0 aliphatic carbocycles. The number of piperidine rings is 1. The number of rotatable bonds is 4. The summed E-state index contributed by atoms with van der Waals surface area (Å²) in [5.74, 6) is 0.868. The third-order valence-corrected chi connectivity index (χ3v) is 6.62. The zero-order chi connectivity index (χ0) is 18.0. The molecule has 2 aromatic rings. The van der Waals surface area contributed by atoms with Gasteiger partial charge >= 0.3 is 0 Å². The van der Waals surface area contributed by atoms with Gasteiger partial charge in [0.05, 0.1) is 10.9 Å². The summed E-state index contributed by atoms with van der Waals surface area (Å²) in [7, 11) is 0.375. The van der Waals surface area contributed by atoms with Crippen molar-refractivity contribution in [2.45, 2.75) is 37.1 Å². The summed E-state index contributed by atoms with van der Waals surface area (Å²) in [5.41, 5.74) is 2.01.